The molecule has 2 rings (SSSR count). The van der Waals surface area contributed by atoms with E-state index in [-0.39, 0.29) is 6.04 Å². The Morgan fingerprint density at radius 3 is 2.79 bits per heavy atom. The van der Waals surface area contributed by atoms with Gasteiger partial charge in [-0.3, -0.25) is 0 Å². The molecule has 14 heavy (non-hydrogen) atoms. The summed E-state index contributed by atoms with van der Waals surface area (Å²) in [5, 5.41) is 12.2. The second kappa shape index (κ2) is 3.42. The van der Waals surface area contributed by atoms with Gasteiger partial charge in [0.05, 0.1) is 5.56 Å². The van der Waals surface area contributed by atoms with Crippen molar-refractivity contribution in [2.45, 2.75) is 19.4 Å². The lowest BCUT2D eigenvalue weighted by Gasteiger charge is -2.29. The van der Waals surface area contributed by atoms with Crippen LogP contribution in [0.15, 0.2) is 18.2 Å². The molecule has 2 N–H and O–H groups in total. The summed E-state index contributed by atoms with van der Waals surface area (Å²) in [5.74, 6) is -0.839. The zero-order valence-corrected chi connectivity index (χ0v) is 8.08. The quantitative estimate of drug-likeness (QED) is 0.748. The molecule has 0 aliphatic carbocycles. The summed E-state index contributed by atoms with van der Waals surface area (Å²) in [7, 11) is 0. The van der Waals surface area contributed by atoms with E-state index in [1.54, 1.807) is 6.07 Å². The SMILES string of the molecule is Cc1ccc(C(=O)O)c(C2CCN2)c1. The van der Waals surface area contributed by atoms with Crippen molar-refractivity contribution in [3.05, 3.63) is 34.9 Å². The van der Waals surface area contributed by atoms with Crippen molar-refractivity contribution >= 4 is 5.97 Å². The van der Waals surface area contributed by atoms with Crippen molar-refractivity contribution < 1.29 is 9.90 Å². The minimum absolute atomic E-state index is 0.237. The molecule has 1 aromatic rings. The average molecular weight is 191 g/mol. The van der Waals surface area contributed by atoms with Crippen LogP contribution >= 0.6 is 0 Å². The number of rotatable bonds is 2. The van der Waals surface area contributed by atoms with Gasteiger partial charge in [-0.2, -0.15) is 0 Å². The number of carbonyl (C=O) groups is 1. The summed E-state index contributed by atoms with van der Waals surface area (Å²) in [6.45, 7) is 2.96. The van der Waals surface area contributed by atoms with Crippen LogP contribution in [-0.2, 0) is 0 Å². The van der Waals surface area contributed by atoms with Crippen molar-refractivity contribution in [1.29, 1.82) is 0 Å². The number of benzene rings is 1. The number of carboxylic acid groups (broad SMARTS) is 1. The zero-order valence-electron chi connectivity index (χ0n) is 8.08. The molecule has 0 amide bonds. The van der Waals surface area contributed by atoms with E-state index in [0.717, 1.165) is 24.1 Å². The summed E-state index contributed by atoms with van der Waals surface area (Å²) < 4.78 is 0. The predicted molar refractivity (Wildman–Crippen MR) is 53.5 cm³/mol. The van der Waals surface area contributed by atoms with Gasteiger partial charge in [-0.25, -0.2) is 4.79 Å². The highest BCUT2D eigenvalue weighted by Gasteiger charge is 2.23. The van der Waals surface area contributed by atoms with Crippen LogP contribution in [0.4, 0.5) is 0 Å². The van der Waals surface area contributed by atoms with Gasteiger partial charge in [-0.1, -0.05) is 17.7 Å². The highest BCUT2D eigenvalue weighted by Crippen LogP contribution is 2.26. The highest BCUT2D eigenvalue weighted by atomic mass is 16.4. The molecule has 1 fully saturated rings. The van der Waals surface area contributed by atoms with Gasteiger partial charge in [0.2, 0.25) is 0 Å². The lowest BCUT2D eigenvalue weighted by molar-refractivity contribution is 0.0694. The second-order valence-electron chi connectivity index (χ2n) is 3.69. The molecule has 3 heteroatoms. The van der Waals surface area contributed by atoms with Gasteiger partial charge in [0.25, 0.3) is 0 Å². The first kappa shape index (κ1) is 9.21. The molecule has 1 aromatic carbocycles. The smallest absolute Gasteiger partial charge is 0.336 e. The first-order chi connectivity index (χ1) is 6.68. The standard InChI is InChI=1S/C11H13NO2/c1-7-2-3-8(11(13)14)9(6-7)10-4-5-12-10/h2-3,6,10,12H,4-5H2,1H3,(H,13,14). The third kappa shape index (κ3) is 1.51. The summed E-state index contributed by atoms with van der Waals surface area (Å²) in [6.07, 6.45) is 1.03. The summed E-state index contributed by atoms with van der Waals surface area (Å²) in [5.41, 5.74) is 2.45. The lowest BCUT2D eigenvalue weighted by Crippen LogP contribution is -2.36. The van der Waals surface area contributed by atoms with Crippen LogP contribution in [0, 0.1) is 6.92 Å². The van der Waals surface area contributed by atoms with Gasteiger partial charge in [0.1, 0.15) is 0 Å². The Bertz CT molecular complexity index is 370. The van der Waals surface area contributed by atoms with Gasteiger partial charge in [0, 0.05) is 6.04 Å². The van der Waals surface area contributed by atoms with Gasteiger partial charge >= 0.3 is 5.97 Å². The van der Waals surface area contributed by atoms with Crippen LogP contribution < -0.4 is 5.32 Å². The number of hydrogen-bond acceptors (Lipinski definition) is 2. The highest BCUT2D eigenvalue weighted by molar-refractivity contribution is 5.89. The van der Waals surface area contributed by atoms with E-state index < -0.39 is 5.97 Å². The Balaban J connectivity index is 2.42. The van der Waals surface area contributed by atoms with Crippen LogP contribution in [-0.4, -0.2) is 17.6 Å². The molecule has 0 radical (unpaired) electrons. The van der Waals surface area contributed by atoms with E-state index in [1.807, 2.05) is 19.1 Å². The Labute approximate surface area is 82.8 Å². The molecule has 1 atom stereocenters. The molecular weight excluding hydrogens is 178 g/mol. The largest absolute Gasteiger partial charge is 0.478 e. The third-order valence-electron chi connectivity index (χ3n) is 2.64. The first-order valence-electron chi connectivity index (χ1n) is 4.75. The molecule has 0 bridgehead atoms. The molecule has 1 aliphatic rings. The zero-order chi connectivity index (χ0) is 10.1. The number of aromatic carboxylic acids is 1. The van der Waals surface area contributed by atoms with Crippen LogP contribution in [0.3, 0.4) is 0 Å². The molecule has 1 heterocycles. The van der Waals surface area contributed by atoms with Gasteiger partial charge in [-0.05, 0) is 31.5 Å². The van der Waals surface area contributed by atoms with Crippen molar-refractivity contribution in [1.82, 2.24) is 5.32 Å². The van der Waals surface area contributed by atoms with Crippen LogP contribution in [0.1, 0.15) is 33.9 Å². The van der Waals surface area contributed by atoms with Crippen LogP contribution in [0.25, 0.3) is 0 Å². The predicted octanol–water partition coefficient (Wildman–Crippen LogP) is 1.73. The van der Waals surface area contributed by atoms with E-state index in [9.17, 15) is 4.79 Å². The van der Waals surface area contributed by atoms with Crippen molar-refractivity contribution in [3.8, 4) is 0 Å². The van der Waals surface area contributed by atoms with Gasteiger partial charge < -0.3 is 10.4 Å². The molecule has 1 aliphatic heterocycles. The fourth-order valence-corrected chi connectivity index (χ4v) is 1.72. The number of carboxylic acids is 1. The summed E-state index contributed by atoms with van der Waals surface area (Å²) in [6, 6.07) is 5.72. The van der Waals surface area contributed by atoms with Gasteiger partial charge in [-0.15, -0.1) is 0 Å². The van der Waals surface area contributed by atoms with Gasteiger partial charge in [0.15, 0.2) is 0 Å². The van der Waals surface area contributed by atoms with E-state index in [4.69, 9.17) is 5.11 Å². The molecule has 1 unspecified atom stereocenters. The molecular formula is C11H13NO2. The molecule has 0 spiro atoms. The lowest BCUT2D eigenvalue weighted by atomic mass is 9.92. The maximum Gasteiger partial charge on any atom is 0.336 e. The molecule has 74 valence electrons. The Kier molecular flexibility index (Phi) is 2.25. The number of aryl methyl sites for hydroxylation is 1. The fraction of sp³-hybridized carbons (Fsp3) is 0.364. The van der Waals surface area contributed by atoms with Crippen LogP contribution in [0.2, 0.25) is 0 Å². The van der Waals surface area contributed by atoms with E-state index in [1.165, 1.54) is 0 Å². The maximum absolute atomic E-state index is 10.9. The molecule has 3 nitrogen and oxygen atoms in total. The van der Waals surface area contributed by atoms with Crippen molar-refractivity contribution in [2.75, 3.05) is 6.54 Å². The average Bonchev–Trinajstić information content (AvgIpc) is 2.00. The monoisotopic (exact) mass is 191 g/mol. The molecule has 1 saturated heterocycles. The van der Waals surface area contributed by atoms with Crippen molar-refractivity contribution in [3.63, 3.8) is 0 Å². The van der Waals surface area contributed by atoms with E-state index >= 15 is 0 Å². The Morgan fingerprint density at radius 2 is 2.29 bits per heavy atom. The fourth-order valence-electron chi connectivity index (χ4n) is 1.72. The first-order valence-corrected chi connectivity index (χ1v) is 4.75. The Hall–Kier alpha value is -1.35. The second-order valence-corrected chi connectivity index (χ2v) is 3.69. The van der Waals surface area contributed by atoms with Crippen molar-refractivity contribution in [2.24, 2.45) is 0 Å². The van der Waals surface area contributed by atoms with E-state index in [0.29, 0.717) is 5.56 Å². The summed E-state index contributed by atoms with van der Waals surface area (Å²) in [4.78, 5) is 10.9. The minimum Gasteiger partial charge on any atom is -0.478 e. The minimum atomic E-state index is -0.839. The third-order valence-corrected chi connectivity index (χ3v) is 2.64. The van der Waals surface area contributed by atoms with E-state index in [2.05, 4.69) is 5.32 Å². The number of hydrogen-bond donors (Lipinski definition) is 2. The normalized spacial score (nSPS) is 20.2. The summed E-state index contributed by atoms with van der Waals surface area (Å²) >= 11 is 0. The maximum atomic E-state index is 10.9. The molecule has 0 aromatic heterocycles. The van der Waals surface area contributed by atoms with Crippen LogP contribution in [0.5, 0.6) is 0 Å². The topological polar surface area (TPSA) is 49.3 Å². The molecule has 0 saturated carbocycles. The number of nitrogens with one attached hydrogen (secondary N) is 1. The Morgan fingerprint density at radius 1 is 1.57 bits per heavy atom.